The molecule has 2 atom stereocenters. The van der Waals surface area contributed by atoms with Crippen molar-refractivity contribution in [3.8, 4) is 0 Å². The zero-order valence-corrected chi connectivity index (χ0v) is 15.2. The lowest BCUT2D eigenvalue weighted by Gasteiger charge is -2.29. The zero-order valence-electron chi connectivity index (χ0n) is 13.5. The Morgan fingerprint density at radius 2 is 2.09 bits per heavy atom. The molecule has 4 nitrogen and oxygen atoms in total. The Bertz CT molecular complexity index is 514. The van der Waals surface area contributed by atoms with Gasteiger partial charge in [0.05, 0.1) is 10.3 Å². The lowest BCUT2D eigenvalue weighted by atomic mass is 10.1. The van der Waals surface area contributed by atoms with Crippen molar-refractivity contribution in [1.82, 2.24) is 10.2 Å². The van der Waals surface area contributed by atoms with Crippen molar-refractivity contribution in [2.75, 3.05) is 5.75 Å². The summed E-state index contributed by atoms with van der Waals surface area (Å²) in [6.45, 7) is 8.18. The van der Waals surface area contributed by atoms with Gasteiger partial charge in [-0.15, -0.1) is 23.1 Å². The van der Waals surface area contributed by atoms with Gasteiger partial charge in [0.2, 0.25) is 5.91 Å². The van der Waals surface area contributed by atoms with E-state index >= 15 is 0 Å². The SMILES string of the molecule is CC(C)CC1SCC(C(=O)NC(C)C)N1C(=O)c1cccs1. The molecular weight excluding hydrogens is 316 g/mol. The Kier molecular flexibility index (Phi) is 5.92. The van der Waals surface area contributed by atoms with E-state index in [0.717, 1.165) is 6.42 Å². The van der Waals surface area contributed by atoms with Gasteiger partial charge < -0.3 is 10.2 Å². The lowest BCUT2D eigenvalue weighted by Crippen LogP contribution is -2.51. The first-order valence-electron chi connectivity index (χ1n) is 7.68. The highest BCUT2D eigenvalue weighted by Gasteiger charge is 2.42. The number of amides is 2. The zero-order chi connectivity index (χ0) is 16.3. The molecule has 2 amide bonds. The quantitative estimate of drug-likeness (QED) is 0.895. The van der Waals surface area contributed by atoms with Crippen LogP contribution in [0.5, 0.6) is 0 Å². The second-order valence-corrected chi connectivity index (χ2v) is 8.44. The van der Waals surface area contributed by atoms with Gasteiger partial charge in [-0.25, -0.2) is 0 Å². The summed E-state index contributed by atoms with van der Waals surface area (Å²) in [4.78, 5) is 27.8. The minimum Gasteiger partial charge on any atom is -0.352 e. The summed E-state index contributed by atoms with van der Waals surface area (Å²) in [6, 6.07) is 3.42. The standard InChI is InChI=1S/C16H24N2O2S2/c1-10(2)8-14-18(16(20)13-6-5-7-21-13)12(9-22-14)15(19)17-11(3)4/h5-7,10-12,14H,8-9H2,1-4H3,(H,17,19). The molecular formula is C16H24N2O2S2. The summed E-state index contributed by atoms with van der Waals surface area (Å²) in [5.74, 6) is 1.10. The number of carbonyl (C=O) groups excluding carboxylic acids is 2. The third-order valence-electron chi connectivity index (χ3n) is 3.47. The van der Waals surface area contributed by atoms with Gasteiger partial charge in [-0.2, -0.15) is 0 Å². The van der Waals surface area contributed by atoms with Crippen LogP contribution in [0.1, 0.15) is 43.8 Å². The highest BCUT2D eigenvalue weighted by molar-refractivity contribution is 8.00. The monoisotopic (exact) mass is 340 g/mol. The number of hydrogen-bond acceptors (Lipinski definition) is 4. The van der Waals surface area contributed by atoms with Crippen LogP contribution in [0.3, 0.4) is 0 Å². The molecule has 0 bridgehead atoms. The molecule has 0 aromatic carbocycles. The van der Waals surface area contributed by atoms with Crippen LogP contribution in [0.4, 0.5) is 0 Å². The molecule has 1 fully saturated rings. The number of nitrogens with one attached hydrogen (secondary N) is 1. The topological polar surface area (TPSA) is 49.4 Å². The first-order valence-corrected chi connectivity index (χ1v) is 9.61. The summed E-state index contributed by atoms with van der Waals surface area (Å²) < 4.78 is 0. The highest BCUT2D eigenvalue weighted by Crippen LogP contribution is 2.35. The van der Waals surface area contributed by atoms with Crippen molar-refractivity contribution in [2.24, 2.45) is 5.92 Å². The Labute approximate surface area is 140 Å². The summed E-state index contributed by atoms with van der Waals surface area (Å²) in [6.07, 6.45) is 0.910. The Morgan fingerprint density at radius 1 is 1.36 bits per heavy atom. The Morgan fingerprint density at radius 3 is 2.64 bits per heavy atom. The summed E-state index contributed by atoms with van der Waals surface area (Å²) in [5, 5.41) is 4.93. The summed E-state index contributed by atoms with van der Waals surface area (Å²) in [5.41, 5.74) is 0. The molecule has 0 radical (unpaired) electrons. The van der Waals surface area contributed by atoms with Gasteiger partial charge in [-0.1, -0.05) is 19.9 Å². The van der Waals surface area contributed by atoms with E-state index in [2.05, 4.69) is 19.2 Å². The second-order valence-electron chi connectivity index (χ2n) is 6.29. The summed E-state index contributed by atoms with van der Waals surface area (Å²) >= 11 is 3.15. The Balaban J connectivity index is 2.21. The molecule has 1 aromatic rings. The van der Waals surface area contributed by atoms with E-state index in [-0.39, 0.29) is 29.3 Å². The predicted molar refractivity (Wildman–Crippen MR) is 93.3 cm³/mol. The molecule has 1 aromatic heterocycles. The van der Waals surface area contributed by atoms with Crippen LogP contribution in [-0.2, 0) is 4.79 Å². The Hall–Kier alpha value is -1.01. The van der Waals surface area contributed by atoms with E-state index in [1.54, 1.807) is 16.7 Å². The van der Waals surface area contributed by atoms with E-state index in [1.165, 1.54) is 11.3 Å². The predicted octanol–water partition coefficient (Wildman–Crippen LogP) is 3.20. The number of rotatable bonds is 5. The van der Waals surface area contributed by atoms with Crippen molar-refractivity contribution in [3.05, 3.63) is 22.4 Å². The molecule has 2 rings (SSSR count). The smallest absolute Gasteiger partial charge is 0.265 e. The maximum Gasteiger partial charge on any atom is 0.265 e. The molecule has 1 aliphatic rings. The molecule has 2 unspecified atom stereocenters. The van der Waals surface area contributed by atoms with Gasteiger partial charge in [0, 0.05) is 11.8 Å². The molecule has 122 valence electrons. The van der Waals surface area contributed by atoms with Gasteiger partial charge in [0.1, 0.15) is 6.04 Å². The third-order valence-corrected chi connectivity index (χ3v) is 5.64. The van der Waals surface area contributed by atoms with Gasteiger partial charge in [-0.3, -0.25) is 9.59 Å². The third kappa shape index (κ3) is 4.04. The molecule has 0 aliphatic carbocycles. The van der Waals surface area contributed by atoms with Crippen molar-refractivity contribution in [2.45, 2.75) is 51.6 Å². The fraction of sp³-hybridized carbons (Fsp3) is 0.625. The minimum absolute atomic E-state index is 0.0189. The molecule has 0 saturated carbocycles. The van der Waals surface area contributed by atoms with Crippen molar-refractivity contribution >= 4 is 34.9 Å². The maximum atomic E-state index is 12.8. The van der Waals surface area contributed by atoms with Gasteiger partial charge >= 0.3 is 0 Å². The molecule has 0 spiro atoms. The average molecular weight is 341 g/mol. The lowest BCUT2D eigenvalue weighted by molar-refractivity contribution is -0.125. The van der Waals surface area contributed by atoms with E-state index in [4.69, 9.17) is 0 Å². The van der Waals surface area contributed by atoms with E-state index < -0.39 is 0 Å². The molecule has 22 heavy (non-hydrogen) atoms. The van der Waals surface area contributed by atoms with Crippen molar-refractivity contribution in [1.29, 1.82) is 0 Å². The van der Waals surface area contributed by atoms with Crippen LogP contribution in [0.2, 0.25) is 0 Å². The maximum absolute atomic E-state index is 12.8. The molecule has 2 heterocycles. The molecule has 1 N–H and O–H groups in total. The van der Waals surface area contributed by atoms with Gasteiger partial charge in [0.15, 0.2) is 0 Å². The molecule has 1 aliphatic heterocycles. The van der Waals surface area contributed by atoms with Crippen LogP contribution in [-0.4, -0.2) is 39.9 Å². The molecule has 6 heteroatoms. The molecule has 1 saturated heterocycles. The minimum atomic E-state index is -0.370. The number of nitrogens with zero attached hydrogens (tertiary/aromatic N) is 1. The van der Waals surface area contributed by atoms with Gasteiger partial charge in [0.25, 0.3) is 5.91 Å². The average Bonchev–Trinajstić information content (AvgIpc) is 3.05. The first kappa shape index (κ1) is 17.3. The van der Waals surface area contributed by atoms with Crippen LogP contribution in [0.15, 0.2) is 17.5 Å². The van der Waals surface area contributed by atoms with E-state index in [0.29, 0.717) is 16.5 Å². The van der Waals surface area contributed by atoms with Crippen LogP contribution in [0, 0.1) is 5.92 Å². The van der Waals surface area contributed by atoms with Crippen LogP contribution in [0.25, 0.3) is 0 Å². The largest absolute Gasteiger partial charge is 0.352 e. The number of carbonyl (C=O) groups is 2. The van der Waals surface area contributed by atoms with Crippen molar-refractivity contribution in [3.63, 3.8) is 0 Å². The van der Waals surface area contributed by atoms with Gasteiger partial charge in [-0.05, 0) is 37.6 Å². The van der Waals surface area contributed by atoms with E-state index in [1.807, 2.05) is 31.4 Å². The van der Waals surface area contributed by atoms with Crippen LogP contribution < -0.4 is 5.32 Å². The first-order chi connectivity index (χ1) is 10.4. The van der Waals surface area contributed by atoms with Crippen molar-refractivity contribution < 1.29 is 9.59 Å². The van der Waals surface area contributed by atoms with Crippen LogP contribution >= 0.6 is 23.1 Å². The number of hydrogen-bond donors (Lipinski definition) is 1. The van der Waals surface area contributed by atoms with E-state index in [9.17, 15) is 9.59 Å². The normalized spacial score (nSPS) is 21.6. The number of thiophene rings is 1. The fourth-order valence-electron chi connectivity index (χ4n) is 2.53. The fourth-order valence-corrected chi connectivity index (χ4v) is 4.84. The second kappa shape index (κ2) is 7.51. The summed E-state index contributed by atoms with van der Waals surface area (Å²) in [7, 11) is 0. The highest BCUT2D eigenvalue weighted by atomic mass is 32.2. The number of thioether (sulfide) groups is 1.